The Hall–Kier alpha value is 0.700. The van der Waals surface area contributed by atoms with Crippen molar-refractivity contribution in [2.45, 2.75) is 35.3 Å². The van der Waals surface area contributed by atoms with Crippen LogP contribution in [0.4, 0.5) is 0 Å². The molecule has 0 bridgehead atoms. The standard InChI is InChI=1S/C8H12Br2/c9-7-5-3-1-2-4-6-8(7)10/h1-2,7-8H,3-6H2/b2-1-. The summed E-state index contributed by atoms with van der Waals surface area (Å²) < 4.78 is 0. The molecule has 0 aromatic rings. The molecular weight excluding hydrogens is 256 g/mol. The monoisotopic (exact) mass is 266 g/mol. The first kappa shape index (κ1) is 8.79. The van der Waals surface area contributed by atoms with Gasteiger partial charge >= 0.3 is 0 Å². The lowest BCUT2D eigenvalue weighted by Gasteiger charge is -2.16. The van der Waals surface area contributed by atoms with E-state index in [-0.39, 0.29) is 0 Å². The van der Waals surface area contributed by atoms with E-state index in [4.69, 9.17) is 0 Å². The van der Waals surface area contributed by atoms with E-state index in [0.717, 1.165) is 0 Å². The molecule has 0 radical (unpaired) electrons. The fourth-order valence-corrected chi connectivity index (χ4v) is 2.17. The summed E-state index contributed by atoms with van der Waals surface area (Å²) in [7, 11) is 0. The Morgan fingerprint density at radius 2 is 1.30 bits per heavy atom. The molecule has 1 aliphatic rings. The molecule has 0 nitrogen and oxygen atoms in total. The molecule has 2 unspecified atom stereocenters. The van der Waals surface area contributed by atoms with Crippen molar-refractivity contribution >= 4 is 31.9 Å². The highest BCUT2D eigenvalue weighted by atomic mass is 79.9. The summed E-state index contributed by atoms with van der Waals surface area (Å²) in [6, 6.07) is 0. The first-order chi connectivity index (χ1) is 4.80. The van der Waals surface area contributed by atoms with Gasteiger partial charge in [-0.15, -0.1) is 0 Å². The van der Waals surface area contributed by atoms with Crippen molar-refractivity contribution in [2.75, 3.05) is 0 Å². The zero-order valence-electron chi connectivity index (χ0n) is 5.89. The second-order valence-electron chi connectivity index (χ2n) is 2.66. The normalized spacial score (nSPS) is 38.2. The summed E-state index contributed by atoms with van der Waals surface area (Å²) in [5, 5.41) is 0. The third-order valence-corrected chi connectivity index (χ3v) is 4.68. The summed E-state index contributed by atoms with van der Waals surface area (Å²) in [6.07, 6.45) is 9.52. The molecule has 0 amide bonds. The highest BCUT2D eigenvalue weighted by Gasteiger charge is 2.14. The summed E-state index contributed by atoms with van der Waals surface area (Å²) >= 11 is 7.32. The van der Waals surface area contributed by atoms with Crippen molar-refractivity contribution in [3.63, 3.8) is 0 Å². The Balaban J connectivity index is 2.40. The van der Waals surface area contributed by atoms with E-state index in [9.17, 15) is 0 Å². The Morgan fingerprint density at radius 1 is 0.900 bits per heavy atom. The molecule has 2 atom stereocenters. The molecule has 1 rings (SSSR count). The fraction of sp³-hybridized carbons (Fsp3) is 0.750. The van der Waals surface area contributed by atoms with Gasteiger partial charge in [-0.25, -0.2) is 0 Å². The molecule has 0 spiro atoms. The van der Waals surface area contributed by atoms with E-state index in [1.807, 2.05) is 0 Å². The number of hydrogen-bond donors (Lipinski definition) is 0. The third kappa shape index (κ3) is 2.75. The van der Waals surface area contributed by atoms with Crippen LogP contribution >= 0.6 is 31.9 Å². The maximum atomic E-state index is 3.66. The van der Waals surface area contributed by atoms with Crippen molar-refractivity contribution in [2.24, 2.45) is 0 Å². The highest BCUT2D eigenvalue weighted by Crippen LogP contribution is 2.25. The Labute approximate surface area is 79.3 Å². The average molecular weight is 268 g/mol. The SMILES string of the molecule is BrC1CC/C=C\CCC1Br. The molecule has 10 heavy (non-hydrogen) atoms. The van der Waals surface area contributed by atoms with Crippen LogP contribution in [0.15, 0.2) is 12.2 Å². The molecular formula is C8H12Br2. The van der Waals surface area contributed by atoms with Gasteiger partial charge in [0.15, 0.2) is 0 Å². The third-order valence-electron chi connectivity index (χ3n) is 1.78. The summed E-state index contributed by atoms with van der Waals surface area (Å²) in [5.41, 5.74) is 0. The molecule has 0 aromatic carbocycles. The molecule has 58 valence electrons. The van der Waals surface area contributed by atoms with Gasteiger partial charge in [0, 0.05) is 9.65 Å². The Kier molecular flexibility index (Phi) is 4.00. The van der Waals surface area contributed by atoms with Crippen LogP contribution in [-0.2, 0) is 0 Å². The zero-order valence-corrected chi connectivity index (χ0v) is 9.07. The molecule has 2 heteroatoms. The van der Waals surface area contributed by atoms with Gasteiger partial charge in [-0.3, -0.25) is 0 Å². The average Bonchev–Trinajstić information content (AvgIpc) is 1.92. The second kappa shape index (κ2) is 4.55. The van der Waals surface area contributed by atoms with Gasteiger partial charge in [-0.2, -0.15) is 0 Å². The summed E-state index contributed by atoms with van der Waals surface area (Å²) in [5.74, 6) is 0. The first-order valence-electron chi connectivity index (χ1n) is 3.74. The maximum Gasteiger partial charge on any atom is 0.0274 e. The summed E-state index contributed by atoms with van der Waals surface area (Å²) in [4.78, 5) is 1.33. The van der Waals surface area contributed by atoms with E-state index in [1.54, 1.807) is 0 Å². The van der Waals surface area contributed by atoms with Gasteiger partial charge in [0.25, 0.3) is 0 Å². The van der Waals surface area contributed by atoms with Crippen molar-refractivity contribution < 1.29 is 0 Å². The molecule has 0 fully saturated rings. The number of halogens is 2. The molecule has 0 aliphatic heterocycles. The molecule has 0 saturated heterocycles. The van der Waals surface area contributed by atoms with E-state index in [2.05, 4.69) is 44.0 Å². The van der Waals surface area contributed by atoms with Crippen LogP contribution in [0.5, 0.6) is 0 Å². The van der Waals surface area contributed by atoms with Crippen LogP contribution in [-0.4, -0.2) is 9.65 Å². The van der Waals surface area contributed by atoms with E-state index in [0.29, 0.717) is 9.65 Å². The predicted octanol–water partition coefficient (Wildman–Crippen LogP) is 3.64. The lowest BCUT2D eigenvalue weighted by atomic mass is 10.1. The predicted molar refractivity (Wildman–Crippen MR) is 53.0 cm³/mol. The molecule has 0 N–H and O–H groups in total. The largest absolute Gasteiger partial charge is 0.0885 e. The Bertz CT molecular complexity index is 106. The number of allylic oxidation sites excluding steroid dienone is 2. The molecule has 0 saturated carbocycles. The first-order valence-corrected chi connectivity index (χ1v) is 5.57. The van der Waals surface area contributed by atoms with Gasteiger partial charge in [0.1, 0.15) is 0 Å². The Morgan fingerprint density at radius 3 is 1.70 bits per heavy atom. The smallest absolute Gasteiger partial charge is 0.0274 e. The topological polar surface area (TPSA) is 0 Å². The van der Waals surface area contributed by atoms with E-state index >= 15 is 0 Å². The van der Waals surface area contributed by atoms with Crippen LogP contribution in [0.25, 0.3) is 0 Å². The minimum absolute atomic E-state index is 0.664. The lowest BCUT2D eigenvalue weighted by Crippen LogP contribution is -2.14. The quantitative estimate of drug-likeness (QED) is 0.464. The van der Waals surface area contributed by atoms with Gasteiger partial charge in [-0.05, 0) is 25.7 Å². The maximum absolute atomic E-state index is 3.66. The van der Waals surface area contributed by atoms with Crippen molar-refractivity contribution in [3.8, 4) is 0 Å². The summed E-state index contributed by atoms with van der Waals surface area (Å²) in [6.45, 7) is 0. The minimum Gasteiger partial charge on any atom is -0.0885 e. The van der Waals surface area contributed by atoms with Crippen molar-refractivity contribution in [1.82, 2.24) is 0 Å². The second-order valence-corrected chi connectivity index (χ2v) is 5.01. The van der Waals surface area contributed by atoms with Crippen LogP contribution in [0.1, 0.15) is 25.7 Å². The van der Waals surface area contributed by atoms with Gasteiger partial charge in [0.2, 0.25) is 0 Å². The van der Waals surface area contributed by atoms with Crippen molar-refractivity contribution in [1.29, 1.82) is 0 Å². The van der Waals surface area contributed by atoms with Crippen molar-refractivity contribution in [3.05, 3.63) is 12.2 Å². The zero-order chi connectivity index (χ0) is 7.40. The molecule has 0 heterocycles. The van der Waals surface area contributed by atoms with Gasteiger partial charge < -0.3 is 0 Å². The molecule has 0 aromatic heterocycles. The van der Waals surface area contributed by atoms with E-state index < -0.39 is 0 Å². The van der Waals surface area contributed by atoms with Crippen LogP contribution in [0.2, 0.25) is 0 Å². The van der Waals surface area contributed by atoms with E-state index in [1.165, 1.54) is 25.7 Å². The number of hydrogen-bond acceptors (Lipinski definition) is 0. The minimum atomic E-state index is 0.664. The fourth-order valence-electron chi connectivity index (χ4n) is 1.11. The van der Waals surface area contributed by atoms with Crippen LogP contribution in [0.3, 0.4) is 0 Å². The molecule has 1 aliphatic carbocycles. The number of alkyl halides is 2. The van der Waals surface area contributed by atoms with Crippen LogP contribution < -0.4 is 0 Å². The number of rotatable bonds is 0. The van der Waals surface area contributed by atoms with Gasteiger partial charge in [-0.1, -0.05) is 44.0 Å². The highest BCUT2D eigenvalue weighted by molar-refractivity contribution is 9.12. The lowest BCUT2D eigenvalue weighted by molar-refractivity contribution is 0.684. The van der Waals surface area contributed by atoms with Gasteiger partial charge in [0.05, 0.1) is 0 Å². The van der Waals surface area contributed by atoms with Crippen LogP contribution in [0, 0.1) is 0 Å².